The first-order chi connectivity index (χ1) is 9.11. The number of pyridine rings is 1. The fourth-order valence-electron chi connectivity index (χ4n) is 1.51. The van der Waals surface area contributed by atoms with E-state index < -0.39 is 0 Å². The van der Waals surface area contributed by atoms with E-state index in [0.717, 1.165) is 0 Å². The van der Waals surface area contributed by atoms with Crippen molar-refractivity contribution in [3.8, 4) is 11.5 Å². The fourth-order valence-corrected chi connectivity index (χ4v) is 1.95. The number of aromatic hydroxyl groups is 1. The smallest absolute Gasteiger partial charge is 0.275 e. The number of phenolic OH excluding ortho intramolecular Hbond substituents is 1. The van der Waals surface area contributed by atoms with E-state index in [1.54, 1.807) is 24.3 Å². The molecule has 2 aromatic rings. The minimum Gasteiger partial charge on any atom is -0.504 e. The highest BCUT2D eigenvalue weighted by atomic mass is 79.9. The molecule has 1 amide bonds. The average Bonchev–Trinajstić information content (AvgIpc) is 2.39. The number of hydrogen-bond acceptors (Lipinski definition) is 4. The number of anilines is 1. The molecular formula is C13H11BrN2O3. The molecule has 0 bridgehead atoms. The second-order valence-electron chi connectivity index (χ2n) is 3.67. The van der Waals surface area contributed by atoms with Gasteiger partial charge in [0.25, 0.3) is 5.91 Å². The molecule has 0 aliphatic heterocycles. The summed E-state index contributed by atoms with van der Waals surface area (Å²) in [7, 11) is 1.46. The maximum Gasteiger partial charge on any atom is 0.275 e. The maximum atomic E-state index is 12.0. The van der Waals surface area contributed by atoms with Crippen LogP contribution in [0.2, 0.25) is 0 Å². The molecule has 1 heterocycles. The van der Waals surface area contributed by atoms with Crippen molar-refractivity contribution < 1.29 is 14.6 Å². The lowest BCUT2D eigenvalue weighted by molar-refractivity contribution is 0.102. The quantitative estimate of drug-likeness (QED) is 0.911. The molecule has 19 heavy (non-hydrogen) atoms. The topological polar surface area (TPSA) is 71.5 Å². The van der Waals surface area contributed by atoms with Crippen LogP contribution in [0.5, 0.6) is 11.5 Å². The van der Waals surface area contributed by atoms with E-state index >= 15 is 0 Å². The summed E-state index contributed by atoms with van der Waals surface area (Å²) >= 11 is 3.25. The predicted molar refractivity (Wildman–Crippen MR) is 74.5 cm³/mol. The van der Waals surface area contributed by atoms with Gasteiger partial charge in [-0.1, -0.05) is 0 Å². The van der Waals surface area contributed by atoms with E-state index in [-0.39, 0.29) is 17.4 Å². The third-order valence-electron chi connectivity index (χ3n) is 2.41. The van der Waals surface area contributed by atoms with Gasteiger partial charge in [-0.2, -0.15) is 0 Å². The number of nitrogens with one attached hydrogen (secondary N) is 1. The lowest BCUT2D eigenvalue weighted by atomic mass is 10.2. The number of aromatic nitrogens is 1. The molecule has 0 fully saturated rings. The molecule has 0 saturated carbocycles. The van der Waals surface area contributed by atoms with Crippen LogP contribution < -0.4 is 10.1 Å². The Morgan fingerprint density at radius 2 is 2.21 bits per heavy atom. The highest BCUT2D eigenvalue weighted by molar-refractivity contribution is 9.10. The number of phenols is 1. The lowest BCUT2D eigenvalue weighted by Gasteiger charge is -2.08. The Morgan fingerprint density at radius 1 is 1.42 bits per heavy atom. The van der Waals surface area contributed by atoms with E-state index in [9.17, 15) is 9.90 Å². The van der Waals surface area contributed by atoms with Gasteiger partial charge in [-0.3, -0.25) is 4.79 Å². The molecule has 1 aromatic heterocycles. The van der Waals surface area contributed by atoms with Crippen molar-refractivity contribution in [2.75, 3.05) is 12.4 Å². The summed E-state index contributed by atoms with van der Waals surface area (Å²) in [6.07, 6.45) is 1.53. The molecule has 6 heteroatoms. The van der Waals surface area contributed by atoms with Crippen LogP contribution in [0.1, 0.15) is 10.5 Å². The zero-order valence-electron chi connectivity index (χ0n) is 10.1. The standard InChI is InChI=1S/C13H11BrN2O3/c1-19-11-5-4-8(7-10(11)17)16-13(18)12-9(14)3-2-6-15-12/h2-7,17H,1H3,(H,16,18). The molecule has 0 radical (unpaired) electrons. The Labute approximate surface area is 118 Å². The van der Waals surface area contributed by atoms with Crippen molar-refractivity contribution in [2.24, 2.45) is 0 Å². The van der Waals surface area contributed by atoms with Crippen LogP contribution in [-0.2, 0) is 0 Å². The maximum absolute atomic E-state index is 12.0. The first kappa shape index (κ1) is 13.4. The minimum absolute atomic E-state index is 0.0413. The van der Waals surface area contributed by atoms with Crippen molar-refractivity contribution in [3.63, 3.8) is 0 Å². The van der Waals surface area contributed by atoms with Crippen LogP contribution in [0.4, 0.5) is 5.69 Å². The molecule has 98 valence electrons. The number of hydrogen-bond donors (Lipinski definition) is 2. The third-order valence-corrected chi connectivity index (χ3v) is 3.05. The zero-order valence-corrected chi connectivity index (χ0v) is 11.6. The summed E-state index contributed by atoms with van der Waals surface area (Å²) in [6, 6.07) is 8.06. The van der Waals surface area contributed by atoms with Crippen molar-refractivity contribution in [3.05, 3.63) is 46.7 Å². The van der Waals surface area contributed by atoms with Crippen molar-refractivity contribution in [1.29, 1.82) is 0 Å². The van der Waals surface area contributed by atoms with Gasteiger partial charge in [0.2, 0.25) is 0 Å². The van der Waals surface area contributed by atoms with Gasteiger partial charge < -0.3 is 15.2 Å². The molecule has 0 atom stereocenters. The van der Waals surface area contributed by atoms with Crippen LogP contribution in [0.25, 0.3) is 0 Å². The lowest BCUT2D eigenvalue weighted by Crippen LogP contribution is -2.14. The Hall–Kier alpha value is -2.08. The molecule has 2 rings (SSSR count). The van der Waals surface area contributed by atoms with Gasteiger partial charge >= 0.3 is 0 Å². The van der Waals surface area contributed by atoms with Gasteiger partial charge in [0.1, 0.15) is 5.69 Å². The van der Waals surface area contributed by atoms with E-state index in [1.807, 2.05) is 0 Å². The summed E-state index contributed by atoms with van der Waals surface area (Å²) in [4.78, 5) is 16.0. The second-order valence-corrected chi connectivity index (χ2v) is 4.53. The number of nitrogens with zero attached hydrogens (tertiary/aromatic N) is 1. The number of amides is 1. The normalized spacial score (nSPS) is 10.0. The third kappa shape index (κ3) is 3.03. The second kappa shape index (κ2) is 5.71. The molecule has 0 aliphatic carbocycles. The van der Waals surface area contributed by atoms with E-state index in [4.69, 9.17) is 4.74 Å². The van der Waals surface area contributed by atoms with E-state index in [2.05, 4.69) is 26.2 Å². The summed E-state index contributed by atoms with van der Waals surface area (Å²) in [5.74, 6) is -0.0607. The summed E-state index contributed by atoms with van der Waals surface area (Å²) in [6.45, 7) is 0. The van der Waals surface area contributed by atoms with Crippen LogP contribution in [0, 0.1) is 0 Å². The van der Waals surface area contributed by atoms with Gasteiger partial charge in [-0.05, 0) is 40.2 Å². The number of carbonyl (C=O) groups is 1. The number of benzene rings is 1. The van der Waals surface area contributed by atoms with Crippen LogP contribution in [0.3, 0.4) is 0 Å². The molecular weight excluding hydrogens is 312 g/mol. The number of methoxy groups -OCH3 is 1. The van der Waals surface area contributed by atoms with Crippen LogP contribution >= 0.6 is 15.9 Å². The molecule has 1 aromatic carbocycles. The average molecular weight is 323 g/mol. The Bertz CT molecular complexity index is 617. The van der Waals surface area contributed by atoms with Crippen LogP contribution in [-0.4, -0.2) is 23.1 Å². The monoisotopic (exact) mass is 322 g/mol. The molecule has 0 spiro atoms. The van der Waals surface area contributed by atoms with Crippen molar-refractivity contribution in [1.82, 2.24) is 4.98 Å². The van der Waals surface area contributed by atoms with E-state index in [1.165, 1.54) is 19.4 Å². The Morgan fingerprint density at radius 3 is 2.84 bits per heavy atom. The largest absolute Gasteiger partial charge is 0.504 e. The number of carbonyl (C=O) groups excluding carboxylic acids is 1. The summed E-state index contributed by atoms with van der Waals surface area (Å²) < 4.78 is 5.53. The highest BCUT2D eigenvalue weighted by Crippen LogP contribution is 2.28. The van der Waals surface area contributed by atoms with Crippen molar-refractivity contribution >= 4 is 27.5 Å². The first-order valence-corrected chi connectivity index (χ1v) is 6.20. The molecule has 5 nitrogen and oxygen atoms in total. The highest BCUT2D eigenvalue weighted by Gasteiger charge is 2.12. The Balaban J connectivity index is 2.20. The van der Waals surface area contributed by atoms with Crippen molar-refractivity contribution in [2.45, 2.75) is 0 Å². The van der Waals surface area contributed by atoms with Gasteiger partial charge in [-0.25, -0.2) is 4.98 Å². The zero-order chi connectivity index (χ0) is 13.8. The summed E-state index contributed by atoms with van der Waals surface area (Å²) in [5.41, 5.74) is 0.735. The number of rotatable bonds is 3. The van der Waals surface area contributed by atoms with Gasteiger partial charge in [0.15, 0.2) is 11.5 Å². The first-order valence-electron chi connectivity index (χ1n) is 5.40. The Kier molecular flexibility index (Phi) is 4.01. The molecule has 2 N–H and O–H groups in total. The van der Waals surface area contributed by atoms with Gasteiger partial charge in [0.05, 0.1) is 7.11 Å². The SMILES string of the molecule is COc1ccc(NC(=O)c2ncccc2Br)cc1O. The van der Waals surface area contributed by atoms with Crippen LogP contribution in [0.15, 0.2) is 41.0 Å². The van der Waals surface area contributed by atoms with Gasteiger partial charge in [-0.15, -0.1) is 0 Å². The summed E-state index contributed by atoms with van der Waals surface area (Å²) in [5, 5.41) is 12.3. The van der Waals surface area contributed by atoms with E-state index in [0.29, 0.717) is 15.9 Å². The molecule has 0 aliphatic rings. The number of halogens is 1. The van der Waals surface area contributed by atoms with Gasteiger partial charge in [0, 0.05) is 22.4 Å². The fraction of sp³-hybridized carbons (Fsp3) is 0.0769. The predicted octanol–water partition coefficient (Wildman–Crippen LogP) is 2.81. The molecule has 0 saturated heterocycles. The number of ether oxygens (including phenoxy) is 1. The molecule has 0 unspecified atom stereocenters. The minimum atomic E-state index is -0.364.